The molecule has 1 atom stereocenters. The van der Waals surface area contributed by atoms with Crippen LogP contribution in [0.3, 0.4) is 0 Å². The summed E-state index contributed by atoms with van der Waals surface area (Å²) in [6, 6.07) is 0. The average molecular weight is 242 g/mol. The molecule has 1 unspecified atom stereocenters. The van der Waals surface area contributed by atoms with Gasteiger partial charge in [0.15, 0.2) is 0 Å². The molecule has 0 aliphatic rings. The molecule has 0 spiro atoms. The third kappa shape index (κ3) is 7.94. The maximum atomic E-state index is 11.8. The van der Waals surface area contributed by atoms with Crippen LogP contribution in [0.15, 0.2) is 0 Å². The largest absolute Gasteiger partial charge is 0.460 e. The van der Waals surface area contributed by atoms with Gasteiger partial charge in [0, 0.05) is 18.3 Å². The third-order valence-corrected chi connectivity index (χ3v) is 2.31. The van der Waals surface area contributed by atoms with E-state index >= 15 is 0 Å². The fourth-order valence-electron chi connectivity index (χ4n) is 1.36. The highest BCUT2D eigenvalue weighted by atomic mass is 16.6. The molecule has 3 nitrogen and oxygen atoms in total. The van der Waals surface area contributed by atoms with Gasteiger partial charge in [-0.3, -0.25) is 9.59 Å². The smallest absolute Gasteiger partial charge is 0.306 e. The molecular formula is C14H26O3. The maximum Gasteiger partial charge on any atom is 0.306 e. The van der Waals surface area contributed by atoms with E-state index in [1.165, 1.54) is 0 Å². The Morgan fingerprint density at radius 1 is 1.00 bits per heavy atom. The van der Waals surface area contributed by atoms with E-state index in [1.807, 2.05) is 48.5 Å². The van der Waals surface area contributed by atoms with E-state index in [4.69, 9.17) is 4.74 Å². The van der Waals surface area contributed by atoms with Gasteiger partial charge in [-0.25, -0.2) is 0 Å². The van der Waals surface area contributed by atoms with E-state index in [0.29, 0.717) is 12.8 Å². The number of hydrogen-bond acceptors (Lipinski definition) is 3. The molecule has 0 amide bonds. The van der Waals surface area contributed by atoms with Crippen molar-refractivity contribution in [1.29, 1.82) is 0 Å². The van der Waals surface area contributed by atoms with E-state index in [1.54, 1.807) is 0 Å². The molecule has 0 saturated heterocycles. The summed E-state index contributed by atoms with van der Waals surface area (Å²) in [5.74, 6) is -0.00292. The zero-order chi connectivity index (χ0) is 13.9. The average Bonchev–Trinajstić information content (AvgIpc) is 1.96. The number of ether oxygens (including phenoxy) is 1. The minimum absolute atomic E-state index is 0.0385. The Hall–Kier alpha value is -0.860. The van der Waals surface area contributed by atoms with Gasteiger partial charge in [0.2, 0.25) is 0 Å². The Labute approximate surface area is 105 Å². The van der Waals surface area contributed by atoms with E-state index in [2.05, 4.69) is 0 Å². The first-order valence-electron chi connectivity index (χ1n) is 6.17. The lowest BCUT2D eigenvalue weighted by Gasteiger charge is -2.22. The van der Waals surface area contributed by atoms with E-state index in [0.717, 1.165) is 0 Å². The summed E-state index contributed by atoms with van der Waals surface area (Å²) < 4.78 is 5.23. The van der Waals surface area contributed by atoms with Crippen LogP contribution in [0.4, 0.5) is 0 Å². The van der Waals surface area contributed by atoms with E-state index in [-0.39, 0.29) is 23.1 Å². The first kappa shape index (κ1) is 16.1. The van der Waals surface area contributed by atoms with Gasteiger partial charge in [-0.1, -0.05) is 27.7 Å². The fraction of sp³-hybridized carbons (Fsp3) is 0.857. The van der Waals surface area contributed by atoms with Gasteiger partial charge >= 0.3 is 5.97 Å². The van der Waals surface area contributed by atoms with Crippen LogP contribution in [0.1, 0.15) is 61.3 Å². The topological polar surface area (TPSA) is 43.4 Å². The van der Waals surface area contributed by atoms with Crippen LogP contribution >= 0.6 is 0 Å². The van der Waals surface area contributed by atoms with Crippen molar-refractivity contribution in [2.75, 3.05) is 0 Å². The summed E-state index contributed by atoms with van der Waals surface area (Å²) in [6.45, 7) is 13.1. The second-order valence-electron chi connectivity index (χ2n) is 6.77. The number of hydrogen-bond donors (Lipinski definition) is 0. The Bertz CT molecular complexity index is 279. The predicted octanol–water partition coefficient (Wildman–Crippen LogP) is 3.36. The van der Waals surface area contributed by atoms with Gasteiger partial charge in [-0.15, -0.1) is 0 Å². The van der Waals surface area contributed by atoms with E-state index in [9.17, 15) is 9.59 Å². The van der Waals surface area contributed by atoms with Crippen LogP contribution < -0.4 is 0 Å². The second-order valence-corrected chi connectivity index (χ2v) is 6.77. The zero-order valence-corrected chi connectivity index (χ0v) is 12.2. The van der Waals surface area contributed by atoms with Gasteiger partial charge in [0.1, 0.15) is 11.4 Å². The second kappa shape index (κ2) is 5.65. The Balaban J connectivity index is 4.16. The van der Waals surface area contributed by atoms with Crippen LogP contribution in [-0.2, 0) is 14.3 Å². The first-order chi connectivity index (χ1) is 7.42. The SMILES string of the molecule is CC(CC(=O)OC(C)(C)C)CC(=O)C(C)(C)C. The minimum Gasteiger partial charge on any atom is -0.460 e. The van der Waals surface area contributed by atoms with Crippen LogP contribution in [0, 0.1) is 11.3 Å². The zero-order valence-electron chi connectivity index (χ0n) is 12.2. The van der Waals surface area contributed by atoms with Crippen LogP contribution in [0.5, 0.6) is 0 Å². The Morgan fingerprint density at radius 3 is 1.82 bits per heavy atom. The minimum atomic E-state index is -0.454. The normalized spacial score (nSPS) is 14.3. The Kier molecular flexibility index (Phi) is 5.37. The lowest BCUT2D eigenvalue weighted by Crippen LogP contribution is -2.27. The van der Waals surface area contributed by atoms with Crippen LogP contribution in [0.25, 0.3) is 0 Å². The number of esters is 1. The molecule has 0 aromatic rings. The van der Waals surface area contributed by atoms with Gasteiger partial charge < -0.3 is 4.74 Å². The van der Waals surface area contributed by atoms with E-state index < -0.39 is 5.60 Å². The van der Waals surface area contributed by atoms with Gasteiger partial charge in [-0.05, 0) is 26.7 Å². The molecule has 0 aliphatic heterocycles. The quantitative estimate of drug-likeness (QED) is 0.710. The molecule has 17 heavy (non-hydrogen) atoms. The van der Waals surface area contributed by atoms with Crippen molar-refractivity contribution in [1.82, 2.24) is 0 Å². The maximum absolute atomic E-state index is 11.8. The van der Waals surface area contributed by atoms with Gasteiger partial charge in [0.05, 0.1) is 0 Å². The molecule has 0 bridgehead atoms. The predicted molar refractivity (Wildman–Crippen MR) is 68.7 cm³/mol. The summed E-state index contributed by atoms with van der Waals surface area (Å²) in [4.78, 5) is 23.4. The summed E-state index contributed by atoms with van der Waals surface area (Å²) in [7, 11) is 0. The number of rotatable bonds is 4. The highest BCUT2D eigenvalue weighted by Crippen LogP contribution is 2.22. The molecule has 0 N–H and O–H groups in total. The van der Waals surface area contributed by atoms with Crippen molar-refractivity contribution in [2.24, 2.45) is 11.3 Å². The Morgan fingerprint density at radius 2 is 1.47 bits per heavy atom. The van der Waals surface area contributed by atoms with Crippen molar-refractivity contribution in [2.45, 2.75) is 66.9 Å². The molecule has 0 aromatic heterocycles. The lowest BCUT2D eigenvalue weighted by atomic mass is 9.85. The molecule has 0 saturated carbocycles. The van der Waals surface area contributed by atoms with Gasteiger partial charge in [-0.2, -0.15) is 0 Å². The van der Waals surface area contributed by atoms with Crippen molar-refractivity contribution in [3.05, 3.63) is 0 Å². The van der Waals surface area contributed by atoms with Crippen molar-refractivity contribution in [3.8, 4) is 0 Å². The molecule has 0 heterocycles. The molecule has 0 radical (unpaired) electrons. The lowest BCUT2D eigenvalue weighted by molar-refractivity contribution is -0.155. The summed E-state index contributed by atoms with van der Waals surface area (Å²) in [5, 5.41) is 0. The van der Waals surface area contributed by atoms with Gasteiger partial charge in [0.25, 0.3) is 0 Å². The molecule has 100 valence electrons. The monoisotopic (exact) mass is 242 g/mol. The number of ketones is 1. The summed E-state index contributed by atoms with van der Waals surface area (Å²) in [6.07, 6.45) is 0.738. The molecule has 0 aliphatic carbocycles. The molecule has 0 fully saturated rings. The molecule has 3 heteroatoms. The number of Topliss-reactive ketones (excluding diaryl/α,β-unsaturated/α-hetero) is 1. The fourth-order valence-corrected chi connectivity index (χ4v) is 1.36. The first-order valence-corrected chi connectivity index (χ1v) is 6.17. The summed E-state index contributed by atoms with van der Waals surface area (Å²) >= 11 is 0. The van der Waals surface area contributed by atoms with Crippen molar-refractivity contribution < 1.29 is 14.3 Å². The van der Waals surface area contributed by atoms with Crippen LogP contribution in [-0.4, -0.2) is 17.4 Å². The molecular weight excluding hydrogens is 216 g/mol. The standard InChI is InChI=1S/C14H26O3/c1-10(8-11(15)13(2,3)4)9-12(16)17-14(5,6)7/h10H,8-9H2,1-7H3. The van der Waals surface area contributed by atoms with Crippen molar-refractivity contribution >= 4 is 11.8 Å². The summed E-state index contributed by atoms with van der Waals surface area (Å²) in [5.41, 5.74) is -0.785. The number of carbonyl (C=O) groups excluding carboxylic acids is 2. The number of carbonyl (C=O) groups is 2. The van der Waals surface area contributed by atoms with Crippen molar-refractivity contribution in [3.63, 3.8) is 0 Å². The third-order valence-electron chi connectivity index (χ3n) is 2.31. The van der Waals surface area contributed by atoms with Crippen LogP contribution in [0.2, 0.25) is 0 Å². The molecule has 0 rings (SSSR count). The highest BCUT2D eigenvalue weighted by Gasteiger charge is 2.25. The highest BCUT2D eigenvalue weighted by molar-refractivity contribution is 5.84. The molecule has 0 aromatic carbocycles.